The van der Waals surface area contributed by atoms with Gasteiger partial charge in [0.25, 0.3) is 0 Å². The molecule has 2 heterocycles. The van der Waals surface area contributed by atoms with E-state index in [2.05, 4.69) is 17.1 Å². The number of rotatable bonds is 2. The maximum absolute atomic E-state index is 3.65. The molecule has 1 atom stereocenters. The first kappa shape index (κ1) is 13.9. The molecule has 0 aromatic rings. The van der Waals surface area contributed by atoms with Crippen molar-refractivity contribution in [2.45, 2.75) is 58.3 Å². The first-order valence-corrected chi connectivity index (χ1v) is 8.69. The SMILES string of the molecule is CC1CCC(CN2CCCC3(CCCNC3)C2)CC1. The third-order valence-electron chi connectivity index (χ3n) is 5.95. The molecule has 3 aliphatic rings. The molecule has 0 bridgehead atoms. The van der Waals surface area contributed by atoms with E-state index in [1.54, 1.807) is 0 Å². The van der Waals surface area contributed by atoms with Crippen LogP contribution in [-0.4, -0.2) is 37.6 Å². The molecule has 0 aromatic carbocycles. The molecule has 3 rings (SSSR count). The minimum Gasteiger partial charge on any atom is -0.316 e. The molecule has 0 radical (unpaired) electrons. The van der Waals surface area contributed by atoms with Gasteiger partial charge in [0.1, 0.15) is 0 Å². The second-order valence-electron chi connectivity index (χ2n) is 7.74. The fourth-order valence-electron chi connectivity index (χ4n) is 4.72. The van der Waals surface area contributed by atoms with Crippen molar-refractivity contribution in [1.29, 1.82) is 0 Å². The predicted molar refractivity (Wildman–Crippen MR) is 81.3 cm³/mol. The van der Waals surface area contributed by atoms with Crippen molar-refractivity contribution in [1.82, 2.24) is 10.2 Å². The van der Waals surface area contributed by atoms with Gasteiger partial charge in [-0.3, -0.25) is 0 Å². The molecular formula is C17H32N2. The van der Waals surface area contributed by atoms with Gasteiger partial charge in [0, 0.05) is 19.6 Å². The zero-order valence-corrected chi connectivity index (χ0v) is 12.8. The number of nitrogens with zero attached hydrogens (tertiary/aromatic N) is 1. The summed E-state index contributed by atoms with van der Waals surface area (Å²) in [4.78, 5) is 2.82. The molecule has 110 valence electrons. The number of hydrogen-bond acceptors (Lipinski definition) is 2. The van der Waals surface area contributed by atoms with Gasteiger partial charge in [0.05, 0.1) is 0 Å². The Hall–Kier alpha value is -0.0800. The fraction of sp³-hybridized carbons (Fsp3) is 1.00. The standard InChI is InChI=1S/C17H32N2/c1-15-4-6-16(7-5-15)12-19-11-3-9-17(14-19)8-2-10-18-13-17/h15-16,18H,2-14H2,1H3. The van der Waals surface area contributed by atoms with E-state index in [0.29, 0.717) is 5.41 Å². The van der Waals surface area contributed by atoms with E-state index < -0.39 is 0 Å². The van der Waals surface area contributed by atoms with Gasteiger partial charge < -0.3 is 10.2 Å². The van der Waals surface area contributed by atoms with E-state index in [-0.39, 0.29) is 0 Å². The number of nitrogens with one attached hydrogen (secondary N) is 1. The molecule has 2 nitrogen and oxygen atoms in total. The van der Waals surface area contributed by atoms with Crippen molar-refractivity contribution in [2.24, 2.45) is 17.3 Å². The zero-order valence-electron chi connectivity index (χ0n) is 12.8. The third-order valence-corrected chi connectivity index (χ3v) is 5.95. The second-order valence-corrected chi connectivity index (χ2v) is 7.74. The number of likely N-dealkylation sites (tertiary alicyclic amines) is 1. The van der Waals surface area contributed by atoms with E-state index >= 15 is 0 Å². The molecule has 2 aliphatic heterocycles. The maximum atomic E-state index is 3.65. The largest absolute Gasteiger partial charge is 0.316 e. The second kappa shape index (κ2) is 6.13. The van der Waals surface area contributed by atoms with E-state index in [0.717, 1.165) is 11.8 Å². The Morgan fingerprint density at radius 1 is 1.11 bits per heavy atom. The summed E-state index contributed by atoms with van der Waals surface area (Å²) < 4.78 is 0. The van der Waals surface area contributed by atoms with Gasteiger partial charge in [0.15, 0.2) is 0 Å². The molecule has 1 N–H and O–H groups in total. The molecule has 1 saturated carbocycles. The Bertz CT molecular complexity index is 269. The van der Waals surface area contributed by atoms with Crippen LogP contribution >= 0.6 is 0 Å². The van der Waals surface area contributed by atoms with Crippen LogP contribution in [0.15, 0.2) is 0 Å². The average molecular weight is 264 g/mol. The van der Waals surface area contributed by atoms with Crippen LogP contribution in [0.1, 0.15) is 58.3 Å². The Labute approximate surface area is 119 Å². The van der Waals surface area contributed by atoms with E-state index in [1.807, 2.05) is 0 Å². The normalized spacial score (nSPS) is 41.5. The summed E-state index contributed by atoms with van der Waals surface area (Å²) in [5, 5.41) is 3.65. The molecule has 2 heteroatoms. The summed E-state index contributed by atoms with van der Waals surface area (Å²) in [5.74, 6) is 1.99. The maximum Gasteiger partial charge on any atom is 0.00503 e. The third kappa shape index (κ3) is 3.52. The van der Waals surface area contributed by atoms with Crippen LogP contribution in [0.25, 0.3) is 0 Å². The van der Waals surface area contributed by atoms with Crippen LogP contribution in [-0.2, 0) is 0 Å². The van der Waals surface area contributed by atoms with Crippen molar-refractivity contribution in [2.75, 3.05) is 32.7 Å². The van der Waals surface area contributed by atoms with Gasteiger partial charge in [-0.2, -0.15) is 0 Å². The Morgan fingerprint density at radius 3 is 2.63 bits per heavy atom. The van der Waals surface area contributed by atoms with Crippen molar-refractivity contribution in [3.63, 3.8) is 0 Å². The van der Waals surface area contributed by atoms with Gasteiger partial charge in [-0.05, 0) is 68.9 Å². The topological polar surface area (TPSA) is 15.3 Å². The number of piperidine rings is 2. The van der Waals surface area contributed by atoms with Crippen molar-refractivity contribution in [3.8, 4) is 0 Å². The fourth-order valence-corrected chi connectivity index (χ4v) is 4.72. The molecule has 1 aliphatic carbocycles. The lowest BCUT2D eigenvalue weighted by Gasteiger charge is -2.46. The van der Waals surface area contributed by atoms with Crippen LogP contribution in [0, 0.1) is 17.3 Å². The van der Waals surface area contributed by atoms with Gasteiger partial charge in [-0.25, -0.2) is 0 Å². The molecule has 19 heavy (non-hydrogen) atoms. The van der Waals surface area contributed by atoms with Crippen LogP contribution in [0.3, 0.4) is 0 Å². The van der Waals surface area contributed by atoms with Crippen LogP contribution in [0.4, 0.5) is 0 Å². The average Bonchev–Trinajstić information content (AvgIpc) is 2.42. The molecular weight excluding hydrogens is 232 g/mol. The monoisotopic (exact) mass is 264 g/mol. The Morgan fingerprint density at radius 2 is 1.89 bits per heavy atom. The van der Waals surface area contributed by atoms with E-state index in [9.17, 15) is 0 Å². The van der Waals surface area contributed by atoms with Crippen LogP contribution < -0.4 is 5.32 Å². The smallest absolute Gasteiger partial charge is 0.00503 e. The quantitative estimate of drug-likeness (QED) is 0.823. The first-order chi connectivity index (χ1) is 9.26. The van der Waals surface area contributed by atoms with Gasteiger partial charge in [-0.1, -0.05) is 19.8 Å². The molecule has 2 saturated heterocycles. The van der Waals surface area contributed by atoms with Gasteiger partial charge >= 0.3 is 0 Å². The van der Waals surface area contributed by atoms with Crippen molar-refractivity contribution in [3.05, 3.63) is 0 Å². The molecule has 0 aromatic heterocycles. The van der Waals surface area contributed by atoms with Gasteiger partial charge in [-0.15, -0.1) is 0 Å². The summed E-state index contributed by atoms with van der Waals surface area (Å²) in [5.41, 5.74) is 0.637. The predicted octanol–water partition coefficient (Wildman–Crippen LogP) is 3.28. The highest BCUT2D eigenvalue weighted by Crippen LogP contribution is 2.37. The minimum absolute atomic E-state index is 0.637. The summed E-state index contributed by atoms with van der Waals surface area (Å²) in [7, 11) is 0. The lowest BCUT2D eigenvalue weighted by atomic mass is 9.74. The highest BCUT2D eigenvalue weighted by atomic mass is 15.1. The number of hydrogen-bond donors (Lipinski definition) is 1. The highest BCUT2D eigenvalue weighted by molar-refractivity contribution is 4.92. The first-order valence-electron chi connectivity index (χ1n) is 8.69. The summed E-state index contributed by atoms with van der Waals surface area (Å²) in [6, 6.07) is 0. The van der Waals surface area contributed by atoms with E-state index in [1.165, 1.54) is 84.1 Å². The molecule has 3 fully saturated rings. The molecule has 1 unspecified atom stereocenters. The molecule has 1 spiro atoms. The summed E-state index contributed by atoms with van der Waals surface area (Å²) >= 11 is 0. The van der Waals surface area contributed by atoms with Crippen LogP contribution in [0.5, 0.6) is 0 Å². The summed E-state index contributed by atoms with van der Waals surface area (Å²) in [6.07, 6.45) is 11.7. The Kier molecular flexibility index (Phi) is 4.48. The highest BCUT2D eigenvalue weighted by Gasteiger charge is 2.37. The minimum atomic E-state index is 0.637. The van der Waals surface area contributed by atoms with E-state index in [4.69, 9.17) is 0 Å². The van der Waals surface area contributed by atoms with Crippen molar-refractivity contribution >= 4 is 0 Å². The molecule has 0 amide bonds. The lowest BCUT2D eigenvalue weighted by Crippen LogP contribution is -2.52. The Balaban J connectivity index is 1.50. The zero-order chi connectivity index (χ0) is 13.1. The van der Waals surface area contributed by atoms with Gasteiger partial charge in [0.2, 0.25) is 0 Å². The van der Waals surface area contributed by atoms with Crippen LogP contribution in [0.2, 0.25) is 0 Å². The van der Waals surface area contributed by atoms with Crippen molar-refractivity contribution < 1.29 is 0 Å². The lowest BCUT2D eigenvalue weighted by molar-refractivity contribution is 0.0489. The summed E-state index contributed by atoms with van der Waals surface area (Å²) in [6.45, 7) is 9.11.